The van der Waals surface area contributed by atoms with E-state index in [1.165, 1.54) is 6.07 Å². The molecule has 3 aromatic rings. The second kappa shape index (κ2) is 8.09. The van der Waals surface area contributed by atoms with E-state index in [0.29, 0.717) is 10.0 Å². The Morgan fingerprint density at radius 3 is 2.69 bits per heavy atom. The van der Waals surface area contributed by atoms with E-state index in [1.807, 2.05) is 24.3 Å². The average molecular weight is 412 g/mol. The summed E-state index contributed by atoms with van der Waals surface area (Å²) in [4.78, 5) is 11.8. The third kappa shape index (κ3) is 4.55. The lowest BCUT2D eigenvalue weighted by Crippen LogP contribution is -2.26. The first-order chi connectivity index (χ1) is 12.5. The number of carbonyl (C=O) groups is 1. The zero-order valence-electron chi connectivity index (χ0n) is 13.4. The number of aromatic nitrogens is 2. The molecule has 0 saturated carbocycles. The Bertz CT molecular complexity index is 1040. The van der Waals surface area contributed by atoms with Gasteiger partial charge >= 0.3 is 5.97 Å². The highest BCUT2D eigenvalue weighted by molar-refractivity contribution is 7.89. The smallest absolute Gasteiger partial charge is 0.307 e. The van der Waals surface area contributed by atoms with Crippen molar-refractivity contribution in [3.63, 3.8) is 0 Å². The molecule has 0 spiro atoms. The molecule has 0 radical (unpaired) electrons. The highest BCUT2D eigenvalue weighted by Crippen LogP contribution is 2.19. The number of hydrogen-bond donors (Lipinski definition) is 1. The number of hydrogen-bond acceptors (Lipinski definition) is 7. The van der Waals surface area contributed by atoms with Crippen molar-refractivity contribution < 1.29 is 17.9 Å². The molecule has 10 heteroatoms. The molecule has 0 bridgehead atoms. The molecule has 0 aliphatic carbocycles. The molecule has 26 heavy (non-hydrogen) atoms. The molecule has 0 amide bonds. The van der Waals surface area contributed by atoms with Crippen molar-refractivity contribution in [1.29, 1.82) is 0 Å². The lowest BCUT2D eigenvalue weighted by atomic mass is 10.1. The fraction of sp³-hybridized carbons (Fsp3) is 0.188. The van der Waals surface area contributed by atoms with Gasteiger partial charge in [-0.15, -0.1) is 5.10 Å². The van der Waals surface area contributed by atoms with E-state index in [1.54, 1.807) is 12.1 Å². The lowest BCUT2D eigenvalue weighted by Gasteiger charge is -2.08. The van der Waals surface area contributed by atoms with Crippen LogP contribution in [0.1, 0.15) is 12.1 Å². The largest absolute Gasteiger partial charge is 0.459 e. The van der Waals surface area contributed by atoms with E-state index in [0.717, 1.165) is 22.3 Å². The van der Waals surface area contributed by atoms with Crippen molar-refractivity contribution in [2.75, 3.05) is 6.54 Å². The van der Waals surface area contributed by atoms with Gasteiger partial charge < -0.3 is 4.74 Å². The number of carbonyl (C=O) groups excluding carboxylic acids is 1. The quantitative estimate of drug-likeness (QED) is 0.600. The predicted molar refractivity (Wildman–Crippen MR) is 98.5 cm³/mol. The molecule has 0 saturated heterocycles. The fourth-order valence-electron chi connectivity index (χ4n) is 2.21. The summed E-state index contributed by atoms with van der Waals surface area (Å²) in [5, 5.41) is 5.49. The molecule has 1 aromatic heterocycles. The van der Waals surface area contributed by atoms with Crippen LogP contribution in [0.3, 0.4) is 0 Å². The molecule has 1 N–H and O–H groups in total. The topological polar surface area (TPSA) is 98.2 Å². The average Bonchev–Trinajstić information content (AvgIpc) is 3.04. The molecule has 0 aliphatic heterocycles. The third-order valence-electron chi connectivity index (χ3n) is 3.53. The van der Waals surface area contributed by atoms with Gasteiger partial charge in [-0.2, -0.15) is 0 Å². The summed E-state index contributed by atoms with van der Waals surface area (Å²) >= 11 is 6.80. The standard InChI is InChI=1S/C16H14ClN3O4S2/c17-16-14(19-20-25-16)10-24-15(21)7-8-18-26(22,23)13-6-5-11-3-1-2-4-12(11)9-13/h1-6,9,18H,7-8,10H2. The van der Waals surface area contributed by atoms with Crippen LogP contribution in [0.2, 0.25) is 4.34 Å². The number of halogens is 1. The number of benzene rings is 2. The molecule has 0 atom stereocenters. The van der Waals surface area contributed by atoms with E-state index in [-0.39, 0.29) is 24.5 Å². The van der Waals surface area contributed by atoms with Crippen LogP contribution in [-0.4, -0.2) is 30.5 Å². The summed E-state index contributed by atoms with van der Waals surface area (Å²) in [6, 6.07) is 12.3. The van der Waals surface area contributed by atoms with Gasteiger partial charge in [-0.3, -0.25) is 4.79 Å². The summed E-state index contributed by atoms with van der Waals surface area (Å²) in [6.07, 6.45) is -0.109. The Hall–Kier alpha value is -2.07. The van der Waals surface area contributed by atoms with Crippen molar-refractivity contribution in [3.05, 3.63) is 52.5 Å². The Morgan fingerprint density at radius 1 is 1.19 bits per heavy atom. The normalized spacial score (nSPS) is 11.6. The Kier molecular flexibility index (Phi) is 5.82. The molecule has 1 heterocycles. The second-order valence-electron chi connectivity index (χ2n) is 5.31. The van der Waals surface area contributed by atoms with Crippen LogP contribution in [0.15, 0.2) is 47.4 Å². The molecule has 0 fully saturated rings. The first-order valence-electron chi connectivity index (χ1n) is 7.56. The third-order valence-corrected chi connectivity index (χ3v) is 5.97. The molecule has 2 aromatic carbocycles. The molecule has 3 rings (SSSR count). The van der Waals surface area contributed by atoms with E-state index in [4.69, 9.17) is 16.3 Å². The number of ether oxygens (including phenoxy) is 1. The monoisotopic (exact) mass is 411 g/mol. The van der Waals surface area contributed by atoms with Crippen LogP contribution in [0.5, 0.6) is 0 Å². The number of sulfonamides is 1. The van der Waals surface area contributed by atoms with Crippen LogP contribution in [0.4, 0.5) is 0 Å². The minimum Gasteiger partial charge on any atom is -0.459 e. The Labute approximate surface area is 159 Å². The van der Waals surface area contributed by atoms with Crippen molar-refractivity contribution >= 4 is 49.9 Å². The summed E-state index contributed by atoms with van der Waals surface area (Å²) in [5.74, 6) is -0.560. The molecular weight excluding hydrogens is 398 g/mol. The Balaban J connectivity index is 1.54. The minimum atomic E-state index is -3.71. The minimum absolute atomic E-state index is 0.0724. The van der Waals surface area contributed by atoms with Crippen molar-refractivity contribution in [2.24, 2.45) is 0 Å². The number of nitrogens with zero attached hydrogens (tertiary/aromatic N) is 2. The van der Waals surface area contributed by atoms with Crippen LogP contribution < -0.4 is 4.72 Å². The van der Waals surface area contributed by atoms with Gasteiger partial charge in [0.1, 0.15) is 16.6 Å². The maximum Gasteiger partial charge on any atom is 0.307 e. The van der Waals surface area contributed by atoms with E-state index < -0.39 is 16.0 Å². The first-order valence-corrected chi connectivity index (χ1v) is 10.2. The van der Waals surface area contributed by atoms with E-state index in [2.05, 4.69) is 14.3 Å². The van der Waals surface area contributed by atoms with Crippen LogP contribution in [-0.2, 0) is 26.2 Å². The SMILES string of the molecule is O=C(CCNS(=O)(=O)c1ccc2ccccc2c1)OCc1nnsc1Cl. The summed E-state index contributed by atoms with van der Waals surface area (Å²) in [6.45, 7) is -0.164. The maximum absolute atomic E-state index is 12.3. The number of esters is 1. The summed E-state index contributed by atoms with van der Waals surface area (Å²) in [5.41, 5.74) is 0.377. The molecule has 0 aliphatic rings. The fourth-order valence-corrected chi connectivity index (χ4v) is 3.88. The van der Waals surface area contributed by atoms with Gasteiger partial charge in [-0.1, -0.05) is 46.4 Å². The van der Waals surface area contributed by atoms with Gasteiger partial charge in [0.15, 0.2) is 0 Å². The maximum atomic E-state index is 12.3. The molecule has 136 valence electrons. The van der Waals surface area contributed by atoms with Crippen molar-refractivity contribution in [1.82, 2.24) is 14.3 Å². The highest BCUT2D eigenvalue weighted by atomic mass is 35.5. The molecular formula is C16H14ClN3O4S2. The number of nitrogens with one attached hydrogen (secondary N) is 1. The first kappa shape index (κ1) is 18.7. The Morgan fingerprint density at radius 2 is 1.96 bits per heavy atom. The number of fused-ring (bicyclic) bond motifs is 1. The van der Waals surface area contributed by atoms with Gasteiger partial charge in [0.05, 0.1) is 11.3 Å². The van der Waals surface area contributed by atoms with Crippen molar-refractivity contribution in [2.45, 2.75) is 17.9 Å². The zero-order chi connectivity index (χ0) is 18.6. The van der Waals surface area contributed by atoms with E-state index in [9.17, 15) is 13.2 Å². The van der Waals surface area contributed by atoms with Gasteiger partial charge in [0.2, 0.25) is 10.0 Å². The highest BCUT2D eigenvalue weighted by Gasteiger charge is 2.15. The predicted octanol–water partition coefficient (Wildman–Crippen LogP) is 2.76. The lowest BCUT2D eigenvalue weighted by molar-refractivity contribution is -0.144. The van der Waals surface area contributed by atoms with Gasteiger partial charge in [-0.25, -0.2) is 13.1 Å². The van der Waals surface area contributed by atoms with Crippen LogP contribution in [0, 0.1) is 0 Å². The van der Waals surface area contributed by atoms with Crippen molar-refractivity contribution in [3.8, 4) is 0 Å². The molecule has 7 nitrogen and oxygen atoms in total. The van der Waals surface area contributed by atoms with Gasteiger partial charge in [0, 0.05) is 18.1 Å². The van der Waals surface area contributed by atoms with Gasteiger partial charge in [0.25, 0.3) is 0 Å². The summed E-state index contributed by atoms with van der Waals surface area (Å²) < 4.78 is 36.1. The van der Waals surface area contributed by atoms with Crippen LogP contribution in [0.25, 0.3) is 10.8 Å². The van der Waals surface area contributed by atoms with Gasteiger partial charge in [-0.05, 0) is 22.9 Å². The zero-order valence-corrected chi connectivity index (χ0v) is 15.8. The second-order valence-corrected chi connectivity index (χ2v) is 8.43. The molecule has 0 unspecified atom stereocenters. The summed E-state index contributed by atoms with van der Waals surface area (Å²) in [7, 11) is -3.71. The number of rotatable bonds is 7. The van der Waals surface area contributed by atoms with E-state index >= 15 is 0 Å². The van der Waals surface area contributed by atoms with Crippen LogP contribution >= 0.6 is 23.1 Å².